The SMILES string of the molecule is Cc1cc(C)n(-c2ccccc2NS(=O)(=O)c2ccc3c4c(cccc24)C(=O)N3)n1. The van der Waals surface area contributed by atoms with E-state index in [9.17, 15) is 13.2 Å². The minimum atomic E-state index is -3.93. The van der Waals surface area contributed by atoms with Gasteiger partial charge in [0.2, 0.25) is 0 Å². The molecular weight excluding hydrogens is 400 g/mol. The van der Waals surface area contributed by atoms with Gasteiger partial charge in [-0.25, -0.2) is 13.1 Å². The number of nitrogens with zero attached hydrogens (tertiary/aromatic N) is 2. The monoisotopic (exact) mass is 418 g/mol. The van der Waals surface area contributed by atoms with Crippen molar-refractivity contribution in [2.75, 3.05) is 10.0 Å². The number of rotatable bonds is 4. The minimum Gasteiger partial charge on any atom is -0.321 e. The molecule has 1 amide bonds. The Hall–Kier alpha value is -3.65. The van der Waals surface area contributed by atoms with Gasteiger partial charge in [-0.15, -0.1) is 0 Å². The minimum absolute atomic E-state index is 0.114. The highest BCUT2D eigenvalue weighted by molar-refractivity contribution is 7.93. The fourth-order valence-electron chi connectivity index (χ4n) is 3.91. The molecule has 7 nitrogen and oxygen atoms in total. The standard InChI is InChI=1S/C22H18N4O3S/c1-13-12-14(2)26(24-13)19-9-4-3-8-17(19)25-30(28,29)20-11-10-18-21-15(20)6-5-7-16(21)22(27)23-18/h3-12,25H,1-2H3,(H,23,27). The number of aryl methyl sites for hydroxylation is 2. The molecule has 0 atom stereocenters. The largest absolute Gasteiger partial charge is 0.321 e. The highest BCUT2D eigenvalue weighted by Crippen LogP contribution is 2.37. The van der Waals surface area contributed by atoms with Crippen LogP contribution < -0.4 is 10.0 Å². The van der Waals surface area contributed by atoms with Crippen LogP contribution in [0, 0.1) is 13.8 Å². The van der Waals surface area contributed by atoms with Gasteiger partial charge in [-0.2, -0.15) is 5.10 Å². The van der Waals surface area contributed by atoms with Crippen molar-refractivity contribution in [2.45, 2.75) is 18.7 Å². The number of hydrogen-bond donors (Lipinski definition) is 2. The number of sulfonamides is 1. The molecule has 1 aromatic heterocycles. The summed E-state index contributed by atoms with van der Waals surface area (Å²) >= 11 is 0. The summed E-state index contributed by atoms with van der Waals surface area (Å²) in [6.07, 6.45) is 0. The Morgan fingerprint density at radius 1 is 1.00 bits per heavy atom. The zero-order valence-electron chi connectivity index (χ0n) is 16.3. The van der Waals surface area contributed by atoms with E-state index in [-0.39, 0.29) is 10.8 Å². The van der Waals surface area contributed by atoms with Crippen LogP contribution in [0.15, 0.2) is 65.6 Å². The number of carbonyl (C=O) groups is 1. The quantitative estimate of drug-likeness (QED) is 0.524. The molecule has 0 fully saturated rings. The van der Waals surface area contributed by atoms with Gasteiger partial charge in [0.25, 0.3) is 15.9 Å². The molecule has 0 saturated heterocycles. The van der Waals surface area contributed by atoms with Crippen LogP contribution in [0.25, 0.3) is 16.5 Å². The summed E-state index contributed by atoms with van der Waals surface area (Å²) in [5, 5.41) is 8.36. The number of benzene rings is 3. The Morgan fingerprint density at radius 2 is 1.80 bits per heavy atom. The van der Waals surface area contributed by atoms with E-state index in [1.165, 1.54) is 6.07 Å². The van der Waals surface area contributed by atoms with Crippen LogP contribution in [0.1, 0.15) is 21.7 Å². The molecule has 4 aromatic rings. The molecular formula is C22H18N4O3S. The van der Waals surface area contributed by atoms with Crippen molar-refractivity contribution in [3.05, 3.63) is 77.6 Å². The lowest BCUT2D eigenvalue weighted by Gasteiger charge is -2.15. The molecule has 0 spiro atoms. The van der Waals surface area contributed by atoms with Gasteiger partial charge in [0.05, 0.1) is 22.0 Å². The third-order valence-corrected chi connectivity index (χ3v) is 6.59. The summed E-state index contributed by atoms with van der Waals surface area (Å²) in [5.41, 5.74) is 3.88. The molecule has 150 valence electrons. The van der Waals surface area contributed by atoms with Crippen LogP contribution in [-0.4, -0.2) is 24.1 Å². The summed E-state index contributed by atoms with van der Waals surface area (Å²) in [5.74, 6) is -0.229. The lowest BCUT2D eigenvalue weighted by molar-refractivity contribution is 0.103. The molecule has 3 aromatic carbocycles. The normalized spacial score (nSPS) is 12.9. The number of anilines is 2. The second kappa shape index (κ2) is 6.43. The van der Waals surface area contributed by atoms with Crippen LogP contribution in [-0.2, 0) is 10.0 Å². The first-order valence-electron chi connectivity index (χ1n) is 9.38. The molecule has 2 N–H and O–H groups in total. The molecule has 2 heterocycles. The third-order valence-electron chi connectivity index (χ3n) is 5.17. The maximum absolute atomic E-state index is 13.4. The van der Waals surface area contributed by atoms with E-state index in [2.05, 4.69) is 15.1 Å². The lowest BCUT2D eigenvalue weighted by atomic mass is 10.1. The van der Waals surface area contributed by atoms with Crippen molar-refractivity contribution >= 4 is 38.1 Å². The average Bonchev–Trinajstić information content (AvgIpc) is 3.22. The molecule has 0 unspecified atom stereocenters. The second-order valence-electron chi connectivity index (χ2n) is 7.26. The smallest absolute Gasteiger partial charge is 0.262 e. The first-order valence-corrected chi connectivity index (χ1v) is 10.9. The summed E-state index contributed by atoms with van der Waals surface area (Å²) in [7, 11) is -3.93. The molecule has 0 saturated carbocycles. The maximum Gasteiger partial charge on any atom is 0.262 e. The van der Waals surface area contributed by atoms with Gasteiger partial charge in [0, 0.05) is 27.7 Å². The Bertz CT molecular complexity index is 1450. The Morgan fingerprint density at radius 3 is 2.57 bits per heavy atom. The van der Waals surface area contributed by atoms with Gasteiger partial charge in [-0.1, -0.05) is 24.3 Å². The number of aromatic nitrogens is 2. The van der Waals surface area contributed by atoms with Gasteiger partial charge in [0.1, 0.15) is 0 Å². The Labute approximate surface area is 173 Å². The molecule has 0 bridgehead atoms. The summed E-state index contributed by atoms with van der Waals surface area (Å²) in [6.45, 7) is 3.80. The van der Waals surface area contributed by atoms with E-state index in [0.29, 0.717) is 33.4 Å². The second-order valence-corrected chi connectivity index (χ2v) is 8.91. The molecule has 0 aliphatic carbocycles. The van der Waals surface area contributed by atoms with Gasteiger partial charge in [-0.05, 0) is 50.2 Å². The molecule has 1 aliphatic heterocycles. The van der Waals surface area contributed by atoms with Gasteiger partial charge >= 0.3 is 0 Å². The van der Waals surface area contributed by atoms with E-state index in [1.54, 1.807) is 41.1 Å². The van der Waals surface area contributed by atoms with Gasteiger partial charge in [0.15, 0.2) is 0 Å². The van der Waals surface area contributed by atoms with E-state index in [0.717, 1.165) is 11.4 Å². The zero-order chi connectivity index (χ0) is 21.0. The first kappa shape index (κ1) is 18.4. The first-order chi connectivity index (χ1) is 14.3. The van der Waals surface area contributed by atoms with Crippen LogP contribution in [0.3, 0.4) is 0 Å². The third kappa shape index (κ3) is 2.76. The topological polar surface area (TPSA) is 93.1 Å². The van der Waals surface area contributed by atoms with Crippen molar-refractivity contribution in [2.24, 2.45) is 0 Å². The summed E-state index contributed by atoms with van der Waals surface area (Å²) < 4.78 is 31.2. The Balaban J connectivity index is 1.64. The van der Waals surface area contributed by atoms with Crippen LogP contribution in [0.2, 0.25) is 0 Å². The van der Waals surface area contributed by atoms with E-state index >= 15 is 0 Å². The molecule has 8 heteroatoms. The molecule has 1 aliphatic rings. The predicted octanol–water partition coefficient (Wildman–Crippen LogP) is 4.01. The number of hydrogen-bond acceptors (Lipinski definition) is 4. The maximum atomic E-state index is 13.4. The van der Waals surface area contributed by atoms with Crippen molar-refractivity contribution in [3.63, 3.8) is 0 Å². The Kier molecular flexibility index (Phi) is 3.94. The van der Waals surface area contributed by atoms with Crippen molar-refractivity contribution in [1.29, 1.82) is 0 Å². The molecule has 30 heavy (non-hydrogen) atoms. The number of nitrogens with one attached hydrogen (secondary N) is 2. The molecule has 5 rings (SSSR count). The molecule has 0 radical (unpaired) electrons. The lowest BCUT2D eigenvalue weighted by Crippen LogP contribution is -2.15. The van der Waals surface area contributed by atoms with Crippen LogP contribution >= 0.6 is 0 Å². The summed E-state index contributed by atoms with van der Waals surface area (Å²) in [4.78, 5) is 12.3. The van der Waals surface area contributed by atoms with Crippen molar-refractivity contribution < 1.29 is 13.2 Å². The van der Waals surface area contributed by atoms with Crippen molar-refractivity contribution in [3.8, 4) is 5.69 Å². The van der Waals surface area contributed by atoms with Gasteiger partial charge in [-0.3, -0.25) is 9.52 Å². The van der Waals surface area contributed by atoms with Gasteiger partial charge < -0.3 is 5.32 Å². The fourth-order valence-corrected chi connectivity index (χ4v) is 5.19. The van der Waals surface area contributed by atoms with Crippen LogP contribution in [0.4, 0.5) is 11.4 Å². The van der Waals surface area contributed by atoms with E-state index in [4.69, 9.17) is 0 Å². The number of para-hydroxylation sites is 2. The zero-order valence-corrected chi connectivity index (χ0v) is 17.1. The van der Waals surface area contributed by atoms with Crippen LogP contribution in [0.5, 0.6) is 0 Å². The number of carbonyl (C=O) groups excluding carboxylic acids is 1. The predicted molar refractivity (Wildman–Crippen MR) is 116 cm³/mol. The average molecular weight is 418 g/mol. The highest BCUT2D eigenvalue weighted by atomic mass is 32.2. The summed E-state index contributed by atoms with van der Waals surface area (Å²) in [6, 6.07) is 17.3. The van der Waals surface area contributed by atoms with E-state index in [1.807, 2.05) is 32.0 Å². The highest BCUT2D eigenvalue weighted by Gasteiger charge is 2.26. The number of amides is 1. The fraction of sp³-hybridized carbons (Fsp3) is 0.0909. The van der Waals surface area contributed by atoms with E-state index < -0.39 is 10.0 Å². The van der Waals surface area contributed by atoms with Crippen molar-refractivity contribution in [1.82, 2.24) is 9.78 Å².